The monoisotopic (exact) mass is 323 g/mol. The predicted octanol–water partition coefficient (Wildman–Crippen LogP) is 3.73. The number of benzene rings is 1. The summed E-state index contributed by atoms with van der Waals surface area (Å²) >= 11 is 11.5. The average Bonchev–Trinajstić information content (AvgIpc) is 2.20. The molecule has 0 aliphatic carbocycles. The lowest BCUT2D eigenvalue weighted by Gasteiger charge is -2.20. The summed E-state index contributed by atoms with van der Waals surface area (Å²) in [7, 11) is 0. The van der Waals surface area contributed by atoms with Gasteiger partial charge in [0, 0.05) is 12.0 Å². The second-order valence-electron chi connectivity index (χ2n) is 3.54. The third kappa shape index (κ3) is 4.48. The summed E-state index contributed by atoms with van der Waals surface area (Å²) in [5.74, 6) is 0. The highest BCUT2D eigenvalue weighted by atomic mass is 35.5. The van der Waals surface area contributed by atoms with Gasteiger partial charge in [0.25, 0.3) is 0 Å². The molecule has 104 valence electrons. The molecule has 2 atom stereocenters. The minimum absolute atomic E-state index is 0. The molecule has 0 radical (unpaired) electrons. The van der Waals surface area contributed by atoms with Crippen LogP contribution in [0.15, 0.2) is 18.2 Å². The van der Waals surface area contributed by atoms with Crippen LogP contribution in [-0.4, -0.2) is 17.3 Å². The number of hydrogen-bond acceptors (Lipinski definition) is 2. The van der Waals surface area contributed by atoms with Crippen molar-refractivity contribution in [1.82, 2.24) is 0 Å². The fourth-order valence-electron chi connectivity index (χ4n) is 1.28. The second kappa shape index (κ2) is 6.82. The van der Waals surface area contributed by atoms with Gasteiger partial charge in [-0.05, 0) is 6.07 Å². The van der Waals surface area contributed by atoms with Crippen molar-refractivity contribution in [2.45, 2.75) is 24.7 Å². The van der Waals surface area contributed by atoms with Crippen LogP contribution in [0.5, 0.6) is 0 Å². The van der Waals surface area contributed by atoms with Crippen LogP contribution >= 0.6 is 35.6 Å². The first-order chi connectivity index (χ1) is 7.73. The Kier molecular flexibility index (Phi) is 6.74. The molecule has 0 saturated carbocycles. The quantitative estimate of drug-likeness (QED) is 0.890. The first-order valence-electron chi connectivity index (χ1n) is 4.67. The average molecular weight is 325 g/mol. The lowest BCUT2D eigenvalue weighted by molar-refractivity contribution is -0.153. The molecule has 0 aliphatic rings. The Hall–Kier alpha value is -0.200. The molecule has 18 heavy (non-hydrogen) atoms. The highest BCUT2D eigenvalue weighted by molar-refractivity contribution is 6.42. The van der Waals surface area contributed by atoms with E-state index in [1.165, 1.54) is 18.2 Å². The van der Waals surface area contributed by atoms with Crippen molar-refractivity contribution >= 4 is 35.6 Å². The molecular formula is C10H11Cl3F3NO. The smallest absolute Gasteiger partial charge is 0.388 e. The third-order valence-electron chi connectivity index (χ3n) is 2.24. The molecule has 0 unspecified atom stereocenters. The molecule has 0 bridgehead atoms. The van der Waals surface area contributed by atoms with Gasteiger partial charge in [-0.25, -0.2) is 0 Å². The molecule has 0 saturated heterocycles. The summed E-state index contributed by atoms with van der Waals surface area (Å²) in [6.07, 6.45) is -6.62. The molecule has 1 rings (SSSR count). The van der Waals surface area contributed by atoms with E-state index in [2.05, 4.69) is 0 Å². The van der Waals surface area contributed by atoms with E-state index in [9.17, 15) is 18.3 Å². The van der Waals surface area contributed by atoms with Crippen LogP contribution in [0.1, 0.15) is 18.1 Å². The van der Waals surface area contributed by atoms with Gasteiger partial charge in [-0.2, -0.15) is 13.2 Å². The number of rotatable bonds is 3. The van der Waals surface area contributed by atoms with E-state index in [0.717, 1.165) is 0 Å². The Balaban J connectivity index is 0.00000289. The Morgan fingerprint density at radius 2 is 1.83 bits per heavy atom. The maximum Gasteiger partial charge on any atom is 0.403 e. The van der Waals surface area contributed by atoms with E-state index in [-0.39, 0.29) is 28.0 Å². The first kappa shape index (κ1) is 17.8. The standard InChI is InChI=1S/C10H10Cl2F3NO.ClH/c11-6-3-1-2-5(9(6)12)7(17)4-8(16)10(13,14)15;/h1-3,7-8,17H,4,16H2;1H/t7-,8+;/m1./s1. The molecule has 0 amide bonds. The van der Waals surface area contributed by atoms with E-state index in [0.29, 0.717) is 0 Å². The first-order valence-corrected chi connectivity index (χ1v) is 5.43. The molecular weight excluding hydrogens is 313 g/mol. The van der Waals surface area contributed by atoms with Gasteiger partial charge in [-0.1, -0.05) is 35.3 Å². The zero-order valence-electron chi connectivity index (χ0n) is 8.92. The van der Waals surface area contributed by atoms with Gasteiger partial charge >= 0.3 is 6.18 Å². The lowest BCUT2D eigenvalue weighted by Crippen LogP contribution is -2.38. The van der Waals surface area contributed by atoms with Crippen molar-refractivity contribution in [1.29, 1.82) is 0 Å². The van der Waals surface area contributed by atoms with E-state index < -0.39 is 24.7 Å². The molecule has 1 aromatic rings. The van der Waals surface area contributed by atoms with Crippen LogP contribution in [0.3, 0.4) is 0 Å². The molecule has 3 N–H and O–H groups in total. The van der Waals surface area contributed by atoms with Gasteiger partial charge in [-0.3, -0.25) is 0 Å². The number of aliphatic hydroxyl groups is 1. The Morgan fingerprint density at radius 3 is 2.33 bits per heavy atom. The van der Waals surface area contributed by atoms with Crippen molar-refractivity contribution in [2.24, 2.45) is 5.73 Å². The third-order valence-corrected chi connectivity index (χ3v) is 3.07. The highest BCUT2D eigenvalue weighted by Crippen LogP contribution is 2.33. The molecule has 0 aromatic heterocycles. The molecule has 0 aliphatic heterocycles. The fourth-order valence-corrected chi connectivity index (χ4v) is 1.71. The summed E-state index contributed by atoms with van der Waals surface area (Å²) in [6, 6.07) is 2.27. The second-order valence-corrected chi connectivity index (χ2v) is 4.33. The zero-order chi connectivity index (χ0) is 13.2. The summed E-state index contributed by atoms with van der Waals surface area (Å²) in [4.78, 5) is 0. The Labute approximate surface area is 118 Å². The number of hydrogen-bond donors (Lipinski definition) is 2. The van der Waals surface area contributed by atoms with Gasteiger partial charge in [0.1, 0.15) is 6.04 Å². The maximum atomic E-state index is 12.2. The fraction of sp³-hybridized carbons (Fsp3) is 0.400. The normalized spacial score (nSPS) is 14.8. The highest BCUT2D eigenvalue weighted by Gasteiger charge is 2.38. The number of aliphatic hydroxyl groups excluding tert-OH is 1. The van der Waals surface area contributed by atoms with E-state index in [1.807, 2.05) is 0 Å². The molecule has 0 fully saturated rings. The number of halogens is 6. The predicted molar refractivity (Wildman–Crippen MR) is 67.3 cm³/mol. The van der Waals surface area contributed by atoms with Crippen LogP contribution < -0.4 is 5.73 Å². The maximum absolute atomic E-state index is 12.2. The van der Waals surface area contributed by atoms with Crippen molar-refractivity contribution in [3.05, 3.63) is 33.8 Å². The lowest BCUT2D eigenvalue weighted by atomic mass is 10.0. The summed E-state index contributed by atoms with van der Waals surface area (Å²) < 4.78 is 36.6. The van der Waals surface area contributed by atoms with Crippen LogP contribution in [-0.2, 0) is 0 Å². The van der Waals surface area contributed by atoms with Gasteiger partial charge in [-0.15, -0.1) is 12.4 Å². The van der Waals surface area contributed by atoms with Crippen molar-refractivity contribution in [3.63, 3.8) is 0 Å². The summed E-state index contributed by atoms with van der Waals surface area (Å²) in [5.41, 5.74) is 5.05. The molecule has 0 heterocycles. The zero-order valence-corrected chi connectivity index (χ0v) is 11.2. The van der Waals surface area contributed by atoms with Gasteiger partial charge in [0.2, 0.25) is 0 Å². The van der Waals surface area contributed by atoms with Crippen LogP contribution in [0, 0.1) is 0 Å². The number of alkyl halides is 3. The van der Waals surface area contributed by atoms with Crippen LogP contribution in [0.4, 0.5) is 13.2 Å². The minimum atomic E-state index is -4.55. The Bertz CT molecular complexity index is 400. The van der Waals surface area contributed by atoms with E-state index >= 15 is 0 Å². The van der Waals surface area contributed by atoms with Crippen LogP contribution in [0.25, 0.3) is 0 Å². The summed E-state index contributed by atoms with van der Waals surface area (Å²) in [6.45, 7) is 0. The topological polar surface area (TPSA) is 46.2 Å². The van der Waals surface area contributed by atoms with E-state index in [4.69, 9.17) is 28.9 Å². The van der Waals surface area contributed by atoms with Crippen molar-refractivity contribution in [2.75, 3.05) is 0 Å². The molecule has 8 heteroatoms. The van der Waals surface area contributed by atoms with Gasteiger partial charge in [0.05, 0.1) is 16.1 Å². The summed E-state index contributed by atoms with van der Waals surface area (Å²) in [5, 5.41) is 9.84. The number of nitrogens with two attached hydrogens (primary N) is 1. The SMILES string of the molecule is Cl.N[C@@H](C[C@@H](O)c1cccc(Cl)c1Cl)C(F)(F)F. The molecule has 2 nitrogen and oxygen atoms in total. The minimum Gasteiger partial charge on any atom is -0.388 e. The Morgan fingerprint density at radius 1 is 1.28 bits per heavy atom. The molecule has 0 spiro atoms. The van der Waals surface area contributed by atoms with Crippen molar-refractivity contribution in [3.8, 4) is 0 Å². The largest absolute Gasteiger partial charge is 0.403 e. The molecule has 1 aromatic carbocycles. The van der Waals surface area contributed by atoms with Gasteiger partial charge < -0.3 is 10.8 Å². The van der Waals surface area contributed by atoms with E-state index in [1.54, 1.807) is 0 Å². The van der Waals surface area contributed by atoms with Crippen molar-refractivity contribution < 1.29 is 18.3 Å². The van der Waals surface area contributed by atoms with Crippen LogP contribution in [0.2, 0.25) is 10.0 Å². The van der Waals surface area contributed by atoms with Gasteiger partial charge in [0.15, 0.2) is 0 Å².